The van der Waals surface area contributed by atoms with E-state index in [4.69, 9.17) is 11.6 Å². The summed E-state index contributed by atoms with van der Waals surface area (Å²) in [5.41, 5.74) is 1.54. The molecule has 5 nitrogen and oxygen atoms in total. The minimum atomic E-state index is -3.45. The topological polar surface area (TPSA) is 72.0 Å². The normalized spacial score (nSPS) is 13.2. The lowest BCUT2D eigenvalue weighted by Gasteiger charge is -2.13. The van der Waals surface area contributed by atoms with Crippen molar-refractivity contribution in [3.63, 3.8) is 0 Å². The highest BCUT2D eigenvalue weighted by Crippen LogP contribution is 2.22. The summed E-state index contributed by atoms with van der Waals surface area (Å²) in [6.45, 7) is 1.84. The highest BCUT2D eigenvalue weighted by molar-refractivity contribution is 7.88. The Balaban J connectivity index is 1.64. The zero-order chi connectivity index (χ0) is 17.2. The van der Waals surface area contributed by atoms with Gasteiger partial charge in [0.1, 0.15) is 5.15 Å². The molecule has 0 fully saturated rings. The fourth-order valence-corrected chi connectivity index (χ4v) is 4.97. The van der Waals surface area contributed by atoms with E-state index in [1.165, 1.54) is 6.20 Å². The van der Waals surface area contributed by atoms with E-state index in [2.05, 4.69) is 14.7 Å². The molecule has 126 valence electrons. The lowest BCUT2D eigenvalue weighted by molar-refractivity contribution is 0.558. The van der Waals surface area contributed by atoms with E-state index in [0.717, 1.165) is 15.2 Å². The number of pyridine rings is 1. The molecule has 0 radical (unpaired) electrons. The fourth-order valence-electron chi connectivity index (χ4n) is 2.37. The first-order chi connectivity index (χ1) is 11.4. The van der Waals surface area contributed by atoms with Gasteiger partial charge in [-0.1, -0.05) is 29.8 Å². The summed E-state index contributed by atoms with van der Waals surface area (Å²) in [4.78, 5) is 8.43. The minimum Gasteiger partial charge on any atom is -0.244 e. The maximum atomic E-state index is 12.3. The van der Waals surface area contributed by atoms with E-state index < -0.39 is 10.0 Å². The highest BCUT2D eigenvalue weighted by Gasteiger charge is 2.17. The fraction of sp³-hybridized carbons (Fsp3) is 0.250. The molecule has 0 spiro atoms. The Hall–Kier alpha value is -1.54. The third-order valence-electron chi connectivity index (χ3n) is 3.35. The van der Waals surface area contributed by atoms with Gasteiger partial charge in [-0.15, -0.1) is 11.3 Å². The van der Waals surface area contributed by atoms with Crippen LogP contribution in [0.2, 0.25) is 5.15 Å². The molecule has 24 heavy (non-hydrogen) atoms. The van der Waals surface area contributed by atoms with Crippen molar-refractivity contribution in [1.82, 2.24) is 14.7 Å². The number of nitrogens with zero attached hydrogens (tertiary/aromatic N) is 2. The van der Waals surface area contributed by atoms with Crippen molar-refractivity contribution in [3.05, 3.63) is 58.3 Å². The number of rotatable bonds is 6. The summed E-state index contributed by atoms with van der Waals surface area (Å²) < 4.78 is 28.3. The first kappa shape index (κ1) is 17.3. The van der Waals surface area contributed by atoms with Crippen molar-refractivity contribution in [2.45, 2.75) is 25.1 Å². The van der Waals surface area contributed by atoms with Gasteiger partial charge >= 0.3 is 0 Å². The molecule has 0 bridgehead atoms. The van der Waals surface area contributed by atoms with Gasteiger partial charge in [-0.3, -0.25) is 0 Å². The number of thiazole rings is 1. The summed E-state index contributed by atoms with van der Waals surface area (Å²) in [5.74, 6) is -0.124. The second-order valence-electron chi connectivity index (χ2n) is 5.55. The molecule has 2 aromatic heterocycles. The van der Waals surface area contributed by atoms with Gasteiger partial charge in [0.2, 0.25) is 10.0 Å². The van der Waals surface area contributed by atoms with E-state index in [-0.39, 0.29) is 11.8 Å². The largest absolute Gasteiger partial charge is 0.244 e. The van der Waals surface area contributed by atoms with E-state index in [9.17, 15) is 8.42 Å². The summed E-state index contributed by atoms with van der Waals surface area (Å²) in [7, 11) is -3.45. The third-order valence-corrected chi connectivity index (χ3v) is 6.10. The van der Waals surface area contributed by atoms with Crippen molar-refractivity contribution >= 4 is 43.2 Å². The van der Waals surface area contributed by atoms with Gasteiger partial charge in [-0.2, -0.15) is 0 Å². The summed E-state index contributed by atoms with van der Waals surface area (Å²) >= 11 is 7.30. The standard InChI is InChI=1S/C16H16ClN3O2S2/c1-11(8-16-19-13-4-2-3-5-14(13)23-16)20-24(21,22)10-12-6-7-15(17)18-9-12/h2-7,9,11,20H,8,10H2,1H3/t11-/m1/s1. The summed E-state index contributed by atoms with van der Waals surface area (Å²) in [5, 5.41) is 1.26. The molecule has 1 N–H and O–H groups in total. The van der Waals surface area contributed by atoms with Gasteiger partial charge < -0.3 is 0 Å². The molecular formula is C16H16ClN3O2S2. The molecule has 3 rings (SSSR count). The molecule has 2 heterocycles. The number of fused-ring (bicyclic) bond motifs is 1. The molecule has 8 heteroatoms. The zero-order valence-corrected chi connectivity index (χ0v) is 15.3. The molecule has 0 saturated heterocycles. The molecule has 0 unspecified atom stereocenters. The van der Waals surface area contributed by atoms with E-state index in [0.29, 0.717) is 17.1 Å². The Morgan fingerprint density at radius 3 is 2.75 bits per heavy atom. The highest BCUT2D eigenvalue weighted by atomic mass is 35.5. The van der Waals surface area contributed by atoms with Crippen LogP contribution in [-0.2, 0) is 22.2 Å². The monoisotopic (exact) mass is 381 g/mol. The Morgan fingerprint density at radius 1 is 1.25 bits per heavy atom. The molecule has 0 aliphatic rings. The number of nitrogens with one attached hydrogen (secondary N) is 1. The van der Waals surface area contributed by atoms with Gasteiger partial charge in [0, 0.05) is 18.7 Å². The number of halogens is 1. The predicted octanol–water partition coefficient (Wildman–Crippen LogP) is 3.40. The van der Waals surface area contributed by atoms with Gasteiger partial charge in [0.25, 0.3) is 0 Å². The Morgan fingerprint density at radius 2 is 2.04 bits per heavy atom. The Bertz CT molecular complexity index is 906. The zero-order valence-electron chi connectivity index (χ0n) is 12.9. The van der Waals surface area contributed by atoms with E-state index >= 15 is 0 Å². The number of hydrogen-bond donors (Lipinski definition) is 1. The maximum absolute atomic E-state index is 12.3. The molecule has 1 aromatic carbocycles. The average molecular weight is 382 g/mol. The SMILES string of the molecule is C[C@H](Cc1nc2ccccc2s1)NS(=O)(=O)Cc1ccc(Cl)nc1. The van der Waals surface area contributed by atoms with Crippen molar-refractivity contribution < 1.29 is 8.42 Å². The van der Waals surface area contributed by atoms with Crippen LogP contribution in [-0.4, -0.2) is 24.4 Å². The van der Waals surface area contributed by atoms with Gasteiger partial charge in [0.05, 0.1) is 21.0 Å². The average Bonchev–Trinajstić information content (AvgIpc) is 2.90. The lowest BCUT2D eigenvalue weighted by atomic mass is 10.3. The number of sulfonamides is 1. The second-order valence-corrected chi connectivity index (χ2v) is 8.80. The van der Waals surface area contributed by atoms with Crippen LogP contribution in [0, 0.1) is 0 Å². The van der Waals surface area contributed by atoms with Gasteiger partial charge in [-0.05, 0) is 30.7 Å². The van der Waals surface area contributed by atoms with Crippen molar-refractivity contribution in [2.24, 2.45) is 0 Å². The quantitative estimate of drug-likeness (QED) is 0.664. The van der Waals surface area contributed by atoms with Crippen LogP contribution in [0.15, 0.2) is 42.6 Å². The smallest absolute Gasteiger partial charge is 0.216 e. The second kappa shape index (κ2) is 7.14. The lowest BCUT2D eigenvalue weighted by Crippen LogP contribution is -2.34. The van der Waals surface area contributed by atoms with Crippen molar-refractivity contribution in [3.8, 4) is 0 Å². The van der Waals surface area contributed by atoms with Crippen molar-refractivity contribution in [1.29, 1.82) is 0 Å². The molecule has 0 aliphatic heterocycles. The number of benzene rings is 1. The van der Waals surface area contributed by atoms with Crippen LogP contribution in [0.1, 0.15) is 17.5 Å². The predicted molar refractivity (Wildman–Crippen MR) is 97.8 cm³/mol. The minimum absolute atomic E-state index is 0.124. The molecule has 0 aliphatic carbocycles. The summed E-state index contributed by atoms with van der Waals surface area (Å²) in [6, 6.07) is 10.9. The Labute approximate surface area is 149 Å². The molecule has 0 amide bonds. The molecule has 1 atom stereocenters. The van der Waals surface area contributed by atoms with Crippen LogP contribution in [0.4, 0.5) is 0 Å². The van der Waals surface area contributed by atoms with Crippen LogP contribution in [0.3, 0.4) is 0 Å². The molecular weight excluding hydrogens is 366 g/mol. The van der Waals surface area contributed by atoms with Crippen LogP contribution >= 0.6 is 22.9 Å². The third kappa shape index (κ3) is 4.51. The van der Waals surface area contributed by atoms with Gasteiger partial charge in [-0.25, -0.2) is 23.1 Å². The first-order valence-electron chi connectivity index (χ1n) is 7.36. The maximum Gasteiger partial charge on any atom is 0.216 e. The molecule has 3 aromatic rings. The van der Waals surface area contributed by atoms with E-state index in [1.54, 1.807) is 23.5 Å². The molecule has 0 saturated carbocycles. The number of hydrogen-bond acceptors (Lipinski definition) is 5. The number of para-hydroxylation sites is 1. The van der Waals surface area contributed by atoms with Crippen LogP contribution in [0.5, 0.6) is 0 Å². The van der Waals surface area contributed by atoms with Crippen molar-refractivity contribution in [2.75, 3.05) is 0 Å². The number of aromatic nitrogens is 2. The van der Waals surface area contributed by atoms with E-state index in [1.807, 2.05) is 31.2 Å². The van der Waals surface area contributed by atoms with Crippen LogP contribution in [0.25, 0.3) is 10.2 Å². The van der Waals surface area contributed by atoms with Gasteiger partial charge in [0.15, 0.2) is 0 Å². The first-order valence-corrected chi connectivity index (χ1v) is 10.2. The Kier molecular flexibility index (Phi) is 5.15. The summed E-state index contributed by atoms with van der Waals surface area (Å²) in [6.07, 6.45) is 2.03. The van der Waals surface area contributed by atoms with Crippen LogP contribution < -0.4 is 4.72 Å².